The minimum absolute atomic E-state index is 0.0391. The van der Waals surface area contributed by atoms with Crippen LogP contribution in [0, 0.1) is 0 Å². The van der Waals surface area contributed by atoms with E-state index >= 15 is 0 Å². The molecule has 0 saturated heterocycles. The van der Waals surface area contributed by atoms with Crippen molar-refractivity contribution < 1.29 is 14.3 Å². The Hall–Kier alpha value is -3.03. The maximum absolute atomic E-state index is 12.6. The van der Waals surface area contributed by atoms with Crippen LogP contribution in [-0.2, 0) is 24.1 Å². The number of fused-ring (bicyclic) bond motifs is 1. The summed E-state index contributed by atoms with van der Waals surface area (Å²) in [5.41, 5.74) is 3.41. The first-order chi connectivity index (χ1) is 16.5. The maximum atomic E-state index is 12.6. The summed E-state index contributed by atoms with van der Waals surface area (Å²) in [7, 11) is 7.31. The molecule has 0 atom stereocenters. The van der Waals surface area contributed by atoms with Crippen molar-refractivity contribution in [3.63, 3.8) is 0 Å². The molecule has 0 spiro atoms. The quantitative estimate of drug-likeness (QED) is 0.614. The summed E-state index contributed by atoms with van der Waals surface area (Å²) in [5, 5.41) is 6.78. The van der Waals surface area contributed by atoms with Gasteiger partial charge in [0.25, 0.3) is 0 Å². The van der Waals surface area contributed by atoms with Crippen LogP contribution < -0.4 is 25.0 Å². The van der Waals surface area contributed by atoms with E-state index in [1.54, 1.807) is 14.2 Å². The Morgan fingerprint density at radius 2 is 1.71 bits per heavy atom. The number of amides is 1. The van der Waals surface area contributed by atoms with Crippen molar-refractivity contribution in [2.24, 2.45) is 0 Å². The van der Waals surface area contributed by atoms with Gasteiger partial charge in [0, 0.05) is 31.7 Å². The number of nitrogens with zero attached hydrogens (tertiary/aromatic N) is 3. The Labute approximate surface area is 202 Å². The fraction of sp³-hybridized carbons (Fsp3) is 0.577. The van der Waals surface area contributed by atoms with Crippen LogP contribution >= 0.6 is 0 Å². The van der Waals surface area contributed by atoms with Gasteiger partial charge in [-0.2, -0.15) is 4.98 Å². The Morgan fingerprint density at radius 3 is 2.41 bits per heavy atom. The molecule has 8 nitrogen and oxygen atoms in total. The number of carbonyl (C=O) groups is 1. The lowest BCUT2D eigenvalue weighted by atomic mass is 9.91. The van der Waals surface area contributed by atoms with Crippen LogP contribution in [0.25, 0.3) is 0 Å². The summed E-state index contributed by atoms with van der Waals surface area (Å²) in [6.07, 6.45) is 8.70. The lowest BCUT2D eigenvalue weighted by Crippen LogP contribution is -2.41. The Bertz CT molecular complexity index is 1000. The smallest absolute Gasteiger partial charge is 0.225 e. The molecule has 2 aliphatic carbocycles. The molecule has 1 fully saturated rings. The van der Waals surface area contributed by atoms with Crippen LogP contribution in [-0.4, -0.2) is 56.3 Å². The minimum Gasteiger partial charge on any atom is -0.493 e. The molecule has 1 saturated carbocycles. The fourth-order valence-electron chi connectivity index (χ4n) is 5.03. The van der Waals surface area contributed by atoms with Crippen LogP contribution in [0.5, 0.6) is 11.5 Å². The number of benzene rings is 1. The maximum Gasteiger partial charge on any atom is 0.225 e. The van der Waals surface area contributed by atoms with Crippen LogP contribution in [0.15, 0.2) is 18.2 Å². The van der Waals surface area contributed by atoms with E-state index in [9.17, 15) is 4.79 Å². The van der Waals surface area contributed by atoms with E-state index in [0.717, 1.165) is 55.9 Å². The molecular formula is C26H37N5O3. The lowest BCUT2D eigenvalue weighted by molar-refractivity contribution is -0.121. The highest BCUT2D eigenvalue weighted by Gasteiger charge is 2.25. The molecule has 2 aromatic rings. The van der Waals surface area contributed by atoms with E-state index in [2.05, 4.69) is 29.6 Å². The predicted octanol–water partition coefficient (Wildman–Crippen LogP) is 3.52. The number of rotatable bonds is 8. The van der Waals surface area contributed by atoms with E-state index in [1.807, 2.05) is 18.2 Å². The van der Waals surface area contributed by atoms with Crippen molar-refractivity contribution in [1.82, 2.24) is 15.3 Å². The standard InChI is InChI=1S/C26H37N5O3/c1-31(2)25-20-7-5-6-8-21(20)29-26(30-25)28-19-12-10-18(11-13-19)27-24(32)16-17-9-14-22(33-3)23(15-17)34-4/h9,14-15,18-19H,5-8,10-13,16H2,1-4H3,(H,27,32)(H,28,29,30). The molecule has 2 N–H and O–H groups in total. The van der Waals surface area contributed by atoms with E-state index in [-0.39, 0.29) is 11.9 Å². The Kier molecular flexibility index (Phi) is 7.75. The van der Waals surface area contributed by atoms with E-state index in [0.29, 0.717) is 24.0 Å². The average Bonchev–Trinajstić information content (AvgIpc) is 2.84. The number of carbonyl (C=O) groups excluding carboxylic acids is 1. The van der Waals surface area contributed by atoms with Crippen LogP contribution in [0.2, 0.25) is 0 Å². The summed E-state index contributed by atoms with van der Waals surface area (Å²) in [6.45, 7) is 0. The molecule has 0 bridgehead atoms. The predicted molar refractivity (Wildman–Crippen MR) is 134 cm³/mol. The minimum atomic E-state index is 0.0391. The van der Waals surface area contributed by atoms with Gasteiger partial charge in [-0.25, -0.2) is 4.98 Å². The molecule has 34 heavy (non-hydrogen) atoms. The van der Waals surface area contributed by atoms with Gasteiger partial charge in [-0.15, -0.1) is 0 Å². The van der Waals surface area contributed by atoms with Crippen LogP contribution in [0.1, 0.15) is 55.3 Å². The number of methoxy groups -OCH3 is 2. The highest BCUT2D eigenvalue weighted by Crippen LogP contribution is 2.30. The van der Waals surface area contributed by atoms with Gasteiger partial charge >= 0.3 is 0 Å². The van der Waals surface area contributed by atoms with E-state index in [4.69, 9.17) is 19.4 Å². The highest BCUT2D eigenvalue weighted by atomic mass is 16.5. The molecule has 0 aliphatic heterocycles. The zero-order valence-corrected chi connectivity index (χ0v) is 20.8. The third-order valence-electron chi connectivity index (χ3n) is 6.82. The molecule has 0 radical (unpaired) electrons. The van der Waals surface area contributed by atoms with Crippen molar-refractivity contribution in [3.05, 3.63) is 35.0 Å². The average molecular weight is 468 g/mol. The van der Waals surface area contributed by atoms with Gasteiger partial charge in [-0.3, -0.25) is 4.79 Å². The molecule has 1 heterocycles. The summed E-state index contributed by atoms with van der Waals surface area (Å²) in [6, 6.07) is 6.13. The normalized spacial score (nSPS) is 19.6. The number of hydrogen-bond acceptors (Lipinski definition) is 7. The zero-order valence-electron chi connectivity index (χ0n) is 20.8. The highest BCUT2D eigenvalue weighted by molar-refractivity contribution is 5.79. The second kappa shape index (κ2) is 10.9. The first-order valence-electron chi connectivity index (χ1n) is 12.3. The third kappa shape index (κ3) is 5.72. The topological polar surface area (TPSA) is 88.6 Å². The van der Waals surface area contributed by atoms with Crippen molar-refractivity contribution >= 4 is 17.7 Å². The second-order valence-corrected chi connectivity index (χ2v) is 9.52. The SMILES string of the molecule is COc1ccc(CC(=O)NC2CCC(Nc3nc4c(c(N(C)C)n3)CCCC4)CC2)cc1OC. The molecule has 8 heteroatoms. The third-order valence-corrected chi connectivity index (χ3v) is 6.82. The van der Waals surface area contributed by atoms with Gasteiger partial charge in [0.1, 0.15) is 5.82 Å². The molecule has 1 amide bonds. The lowest BCUT2D eigenvalue weighted by Gasteiger charge is -2.30. The van der Waals surface area contributed by atoms with E-state index < -0.39 is 0 Å². The van der Waals surface area contributed by atoms with Gasteiger partial charge in [-0.1, -0.05) is 6.07 Å². The summed E-state index contributed by atoms with van der Waals surface area (Å²) < 4.78 is 10.6. The molecule has 184 valence electrons. The fourth-order valence-corrected chi connectivity index (χ4v) is 5.03. The second-order valence-electron chi connectivity index (χ2n) is 9.52. The molecule has 1 aromatic carbocycles. The number of hydrogen-bond donors (Lipinski definition) is 2. The van der Waals surface area contributed by atoms with Gasteiger partial charge in [0.15, 0.2) is 11.5 Å². The molecule has 2 aliphatic rings. The van der Waals surface area contributed by atoms with Crippen molar-refractivity contribution in [2.45, 2.75) is 69.9 Å². The van der Waals surface area contributed by atoms with Gasteiger partial charge < -0.3 is 25.0 Å². The zero-order chi connectivity index (χ0) is 24.1. The van der Waals surface area contributed by atoms with Crippen LogP contribution in [0.3, 0.4) is 0 Å². The van der Waals surface area contributed by atoms with Gasteiger partial charge in [0.2, 0.25) is 11.9 Å². The number of anilines is 2. The number of aromatic nitrogens is 2. The number of aryl methyl sites for hydroxylation is 1. The summed E-state index contributed by atoms with van der Waals surface area (Å²) in [5.74, 6) is 3.13. The molecular weight excluding hydrogens is 430 g/mol. The Balaban J connectivity index is 1.29. The van der Waals surface area contributed by atoms with Crippen molar-refractivity contribution in [2.75, 3.05) is 38.5 Å². The van der Waals surface area contributed by atoms with Gasteiger partial charge in [0.05, 0.1) is 26.3 Å². The largest absolute Gasteiger partial charge is 0.493 e. The number of nitrogens with one attached hydrogen (secondary N) is 2. The summed E-state index contributed by atoms with van der Waals surface area (Å²) in [4.78, 5) is 24.4. The van der Waals surface area contributed by atoms with Gasteiger partial charge in [-0.05, 0) is 69.1 Å². The summed E-state index contributed by atoms with van der Waals surface area (Å²) >= 11 is 0. The Morgan fingerprint density at radius 1 is 1.00 bits per heavy atom. The van der Waals surface area contributed by atoms with Crippen molar-refractivity contribution in [1.29, 1.82) is 0 Å². The monoisotopic (exact) mass is 467 g/mol. The molecule has 4 rings (SSSR count). The first kappa shape index (κ1) is 24.1. The first-order valence-corrected chi connectivity index (χ1v) is 12.3. The number of ether oxygens (including phenoxy) is 2. The van der Waals surface area contributed by atoms with Crippen molar-refractivity contribution in [3.8, 4) is 11.5 Å². The molecule has 0 unspecified atom stereocenters. The molecule has 1 aromatic heterocycles. The van der Waals surface area contributed by atoms with E-state index in [1.165, 1.54) is 24.1 Å². The van der Waals surface area contributed by atoms with Crippen LogP contribution in [0.4, 0.5) is 11.8 Å².